The van der Waals surface area contributed by atoms with E-state index in [2.05, 4.69) is 0 Å². The Balaban J connectivity index is 3.04. The number of rotatable bonds is 2. The number of phenols is 1. The van der Waals surface area contributed by atoms with Crippen molar-refractivity contribution in [3.8, 4) is 11.5 Å². The molecule has 0 saturated heterocycles. The van der Waals surface area contributed by atoms with Crippen LogP contribution in [0.15, 0.2) is 12.1 Å². The Morgan fingerprint density at radius 1 is 1.15 bits per heavy atom. The van der Waals surface area contributed by atoms with Crippen molar-refractivity contribution in [3.63, 3.8) is 0 Å². The Morgan fingerprint density at radius 3 is 2.31 bits per heavy atom. The van der Waals surface area contributed by atoms with Crippen LogP contribution >= 0.6 is 0 Å². The average molecular weight is 180 g/mol. The Morgan fingerprint density at radius 2 is 1.77 bits per heavy atom. The summed E-state index contributed by atoms with van der Waals surface area (Å²) in [5.74, 6) is 1.18. The minimum absolute atomic E-state index is 0.169. The van der Waals surface area contributed by atoms with Gasteiger partial charge in [-0.3, -0.25) is 0 Å². The Labute approximate surface area is 79.2 Å². The lowest BCUT2D eigenvalue weighted by molar-refractivity contribution is 0.240. The van der Waals surface area contributed by atoms with Crippen LogP contribution in [0.25, 0.3) is 0 Å². The number of hydrogen-bond acceptors (Lipinski definition) is 2. The molecule has 0 aliphatic heterocycles. The highest BCUT2D eigenvalue weighted by atomic mass is 16.5. The second-order valence-corrected chi connectivity index (χ2v) is 3.50. The lowest BCUT2D eigenvalue weighted by Crippen LogP contribution is -2.07. The van der Waals surface area contributed by atoms with E-state index >= 15 is 0 Å². The fraction of sp³-hybridized carbons (Fsp3) is 0.455. The maximum atomic E-state index is 9.40. The molecule has 0 radical (unpaired) electrons. The van der Waals surface area contributed by atoms with Gasteiger partial charge >= 0.3 is 0 Å². The third kappa shape index (κ3) is 2.14. The highest BCUT2D eigenvalue weighted by molar-refractivity contribution is 5.46. The standard InChI is InChI=1S/C11H16O2/c1-7(2)13-11-6-5-10(12)8(3)9(11)4/h5-7,12H,1-4H3. The van der Waals surface area contributed by atoms with E-state index in [1.165, 1.54) is 0 Å². The van der Waals surface area contributed by atoms with E-state index in [1.807, 2.05) is 27.7 Å². The van der Waals surface area contributed by atoms with Gasteiger partial charge in [-0.05, 0) is 51.0 Å². The fourth-order valence-electron chi connectivity index (χ4n) is 1.16. The molecule has 0 heterocycles. The summed E-state index contributed by atoms with van der Waals surface area (Å²) in [6.45, 7) is 7.81. The largest absolute Gasteiger partial charge is 0.508 e. The molecule has 2 heteroatoms. The van der Waals surface area contributed by atoms with Crippen molar-refractivity contribution in [3.05, 3.63) is 23.3 Å². The molecule has 72 valence electrons. The minimum Gasteiger partial charge on any atom is -0.508 e. The van der Waals surface area contributed by atoms with Crippen LogP contribution < -0.4 is 4.74 Å². The third-order valence-electron chi connectivity index (χ3n) is 2.07. The lowest BCUT2D eigenvalue weighted by atomic mass is 10.1. The molecule has 0 aromatic heterocycles. The molecule has 13 heavy (non-hydrogen) atoms. The van der Waals surface area contributed by atoms with Crippen molar-refractivity contribution >= 4 is 0 Å². The topological polar surface area (TPSA) is 29.5 Å². The number of aromatic hydroxyl groups is 1. The zero-order valence-electron chi connectivity index (χ0n) is 8.59. The molecule has 0 fully saturated rings. The summed E-state index contributed by atoms with van der Waals surface area (Å²) in [4.78, 5) is 0. The lowest BCUT2D eigenvalue weighted by Gasteiger charge is -2.14. The summed E-state index contributed by atoms with van der Waals surface area (Å²) in [7, 11) is 0. The maximum Gasteiger partial charge on any atom is 0.123 e. The summed E-state index contributed by atoms with van der Waals surface area (Å²) in [6, 6.07) is 3.47. The second-order valence-electron chi connectivity index (χ2n) is 3.50. The van der Waals surface area contributed by atoms with Crippen molar-refractivity contribution in [2.75, 3.05) is 0 Å². The molecule has 0 aliphatic carbocycles. The Bertz CT molecular complexity index is 303. The van der Waals surface area contributed by atoms with Crippen LogP contribution in [-0.2, 0) is 0 Å². The van der Waals surface area contributed by atoms with Gasteiger partial charge in [0.15, 0.2) is 0 Å². The number of benzene rings is 1. The van der Waals surface area contributed by atoms with Crippen molar-refractivity contribution in [2.45, 2.75) is 33.8 Å². The molecule has 2 nitrogen and oxygen atoms in total. The quantitative estimate of drug-likeness (QED) is 0.758. The van der Waals surface area contributed by atoms with Crippen molar-refractivity contribution < 1.29 is 9.84 Å². The number of phenolic OH excluding ortho intramolecular Hbond substituents is 1. The molecule has 1 N–H and O–H groups in total. The summed E-state index contributed by atoms with van der Waals surface area (Å²) in [5, 5.41) is 9.40. The summed E-state index contributed by atoms with van der Waals surface area (Å²) in [5.41, 5.74) is 1.90. The van der Waals surface area contributed by atoms with E-state index < -0.39 is 0 Å². The van der Waals surface area contributed by atoms with Gasteiger partial charge in [0.1, 0.15) is 11.5 Å². The first kappa shape index (κ1) is 9.90. The molecule has 1 aromatic carbocycles. The van der Waals surface area contributed by atoms with Crippen molar-refractivity contribution in [1.29, 1.82) is 0 Å². The van der Waals surface area contributed by atoms with Crippen LogP contribution in [0.3, 0.4) is 0 Å². The van der Waals surface area contributed by atoms with Crippen LogP contribution in [-0.4, -0.2) is 11.2 Å². The van der Waals surface area contributed by atoms with Crippen LogP contribution in [0.4, 0.5) is 0 Å². The van der Waals surface area contributed by atoms with Gasteiger partial charge < -0.3 is 9.84 Å². The molecule has 0 spiro atoms. The van der Waals surface area contributed by atoms with Gasteiger partial charge in [0.25, 0.3) is 0 Å². The first-order chi connectivity index (χ1) is 6.02. The average Bonchev–Trinajstić information content (AvgIpc) is 2.06. The van der Waals surface area contributed by atoms with Gasteiger partial charge in [0.05, 0.1) is 6.10 Å². The Hall–Kier alpha value is -1.18. The predicted molar refractivity (Wildman–Crippen MR) is 53.3 cm³/mol. The second kappa shape index (κ2) is 3.69. The monoisotopic (exact) mass is 180 g/mol. The third-order valence-corrected chi connectivity index (χ3v) is 2.07. The van der Waals surface area contributed by atoms with Gasteiger partial charge in [-0.25, -0.2) is 0 Å². The van der Waals surface area contributed by atoms with E-state index in [0.717, 1.165) is 16.9 Å². The molecular formula is C11H16O2. The van der Waals surface area contributed by atoms with Gasteiger partial charge in [-0.1, -0.05) is 0 Å². The van der Waals surface area contributed by atoms with E-state index in [0.29, 0.717) is 5.75 Å². The number of ether oxygens (including phenoxy) is 1. The van der Waals surface area contributed by atoms with E-state index in [-0.39, 0.29) is 6.10 Å². The normalized spacial score (nSPS) is 10.5. The van der Waals surface area contributed by atoms with Gasteiger partial charge in [-0.15, -0.1) is 0 Å². The van der Waals surface area contributed by atoms with Crippen molar-refractivity contribution in [1.82, 2.24) is 0 Å². The van der Waals surface area contributed by atoms with Gasteiger partial charge in [0, 0.05) is 0 Å². The summed E-state index contributed by atoms with van der Waals surface area (Å²) in [6.07, 6.45) is 0.169. The maximum absolute atomic E-state index is 9.40. The van der Waals surface area contributed by atoms with Crippen LogP contribution in [0.2, 0.25) is 0 Å². The molecule has 0 unspecified atom stereocenters. The Kier molecular flexibility index (Phi) is 2.81. The molecule has 0 amide bonds. The van der Waals surface area contributed by atoms with E-state index in [9.17, 15) is 5.11 Å². The summed E-state index contributed by atoms with van der Waals surface area (Å²) >= 11 is 0. The molecule has 1 aromatic rings. The SMILES string of the molecule is Cc1c(O)ccc(OC(C)C)c1C. The van der Waals surface area contributed by atoms with Gasteiger partial charge in [-0.2, -0.15) is 0 Å². The smallest absolute Gasteiger partial charge is 0.123 e. The molecule has 0 aliphatic rings. The van der Waals surface area contributed by atoms with E-state index in [1.54, 1.807) is 12.1 Å². The molecule has 1 rings (SSSR count). The molecule has 0 saturated carbocycles. The zero-order valence-corrected chi connectivity index (χ0v) is 8.59. The molecule has 0 bridgehead atoms. The number of hydrogen-bond donors (Lipinski definition) is 1. The van der Waals surface area contributed by atoms with Crippen LogP contribution in [0, 0.1) is 13.8 Å². The predicted octanol–water partition coefficient (Wildman–Crippen LogP) is 2.80. The van der Waals surface area contributed by atoms with Crippen LogP contribution in [0.1, 0.15) is 25.0 Å². The molecular weight excluding hydrogens is 164 g/mol. The fourth-order valence-corrected chi connectivity index (χ4v) is 1.16. The summed E-state index contributed by atoms with van der Waals surface area (Å²) < 4.78 is 5.57. The zero-order chi connectivity index (χ0) is 10.0. The molecule has 0 atom stereocenters. The van der Waals surface area contributed by atoms with Crippen molar-refractivity contribution in [2.24, 2.45) is 0 Å². The first-order valence-corrected chi connectivity index (χ1v) is 4.48. The minimum atomic E-state index is 0.169. The van der Waals surface area contributed by atoms with E-state index in [4.69, 9.17) is 4.74 Å². The van der Waals surface area contributed by atoms with Gasteiger partial charge in [0.2, 0.25) is 0 Å². The first-order valence-electron chi connectivity index (χ1n) is 4.48. The van der Waals surface area contributed by atoms with Crippen LogP contribution in [0.5, 0.6) is 11.5 Å². The highest BCUT2D eigenvalue weighted by Gasteiger charge is 2.07. The highest BCUT2D eigenvalue weighted by Crippen LogP contribution is 2.28.